The van der Waals surface area contributed by atoms with Crippen molar-refractivity contribution < 1.29 is 49.8 Å². The average Bonchev–Trinajstić information content (AvgIpc) is 3.61. The van der Waals surface area contributed by atoms with Gasteiger partial charge in [0.15, 0.2) is 5.17 Å². The van der Waals surface area contributed by atoms with Crippen molar-refractivity contribution in [2.75, 3.05) is 22.6 Å². The third-order valence-electron chi connectivity index (χ3n) is 6.19. The summed E-state index contributed by atoms with van der Waals surface area (Å²) in [4.78, 5) is 30.6. The number of hydrogen-bond acceptors (Lipinski definition) is 8. The number of rotatable bonds is 8. The standard InChI is InChI=1S/C29H20F7N5O4S2/c1-15-2-3-18(12-44-14-28(31,32)33)22(10-15)41-23(42)13-46-27(41)38-26(43)37-21-9-6-17(11-20(21)30)25-40-39-24(47-25)16-4-7-19(8-5-16)45-29(34,35)36/h2-11H,12-14H2,1H3,(H,37,43)/b38-27-. The highest BCUT2D eigenvalue weighted by Gasteiger charge is 2.33. The van der Waals surface area contributed by atoms with Crippen LogP contribution in [0.3, 0.4) is 0 Å². The van der Waals surface area contributed by atoms with Crippen molar-refractivity contribution in [1.29, 1.82) is 0 Å². The minimum Gasteiger partial charge on any atom is -0.406 e. The van der Waals surface area contributed by atoms with Gasteiger partial charge in [-0.1, -0.05) is 35.2 Å². The molecule has 0 unspecified atom stereocenters. The summed E-state index contributed by atoms with van der Waals surface area (Å²) >= 11 is 1.97. The number of alkyl halides is 6. The lowest BCUT2D eigenvalue weighted by atomic mass is 10.1. The third-order valence-corrected chi connectivity index (χ3v) is 8.13. The number of carbonyl (C=O) groups excluding carboxylic acids is 2. The van der Waals surface area contributed by atoms with E-state index < -0.39 is 49.3 Å². The number of amidine groups is 1. The minimum absolute atomic E-state index is 0.0633. The second kappa shape index (κ2) is 13.7. The Kier molecular flexibility index (Phi) is 9.83. The topological polar surface area (TPSA) is 106 Å². The molecule has 0 saturated carbocycles. The molecule has 1 fully saturated rings. The molecule has 3 amide bonds. The lowest BCUT2D eigenvalue weighted by molar-refractivity contribution is -0.274. The first kappa shape index (κ1) is 33.8. The fourth-order valence-electron chi connectivity index (χ4n) is 4.20. The summed E-state index contributed by atoms with van der Waals surface area (Å²) < 4.78 is 98.7. The van der Waals surface area contributed by atoms with E-state index in [1.807, 2.05) is 0 Å². The Hall–Kier alpha value is -4.55. The second-order valence-electron chi connectivity index (χ2n) is 9.76. The maximum Gasteiger partial charge on any atom is 0.573 e. The van der Waals surface area contributed by atoms with Crippen LogP contribution >= 0.6 is 23.1 Å². The number of urea groups is 1. The summed E-state index contributed by atoms with van der Waals surface area (Å²) in [7, 11) is 0. The van der Waals surface area contributed by atoms with Crippen LogP contribution in [0, 0.1) is 12.7 Å². The molecule has 1 saturated heterocycles. The SMILES string of the molecule is Cc1ccc(COCC(F)(F)F)c(N2C(=O)CS/C2=N\C(=O)Nc2ccc(-c3nnc(-c4ccc(OC(F)(F)F)cc4)s3)cc2F)c1. The molecule has 0 radical (unpaired) electrons. The van der Waals surface area contributed by atoms with Crippen LogP contribution in [0.1, 0.15) is 11.1 Å². The van der Waals surface area contributed by atoms with E-state index in [9.17, 15) is 35.9 Å². The summed E-state index contributed by atoms with van der Waals surface area (Å²) in [6.45, 7) is -0.237. The summed E-state index contributed by atoms with van der Waals surface area (Å²) in [5.74, 6) is -1.82. The number of aryl methyl sites for hydroxylation is 1. The van der Waals surface area contributed by atoms with Gasteiger partial charge < -0.3 is 14.8 Å². The number of hydrogen-bond donors (Lipinski definition) is 1. The van der Waals surface area contributed by atoms with Gasteiger partial charge in [0, 0.05) is 16.7 Å². The Morgan fingerprint density at radius 1 is 0.979 bits per heavy atom. The molecule has 246 valence electrons. The largest absolute Gasteiger partial charge is 0.573 e. The van der Waals surface area contributed by atoms with Crippen molar-refractivity contribution in [2.24, 2.45) is 4.99 Å². The van der Waals surface area contributed by atoms with Gasteiger partial charge in [0.25, 0.3) is 0 Å². The quantitative estimate of drug-likeness (QED) is 0.186. The first-order valence-electron chi connectivity index (χ1n) is 13.2. The molecule has 9 nitrogen and oxygen atoms in total. The molecule has 18 heteroatoms. The third kappa shape index (κ3) is 8.83. The summed E-state index contributed by atoms with van der Waals surface area (Å²) in [6, 6.07) is 12.5. The Labute approximate surface area is 269 Å². The highest BCUT2D eigenvalue weighted by molar-refractivity contribution is 8.15. The van der Waals surface area contributed by atoms with Crippen molar-refractivity contribution in [3.63, 3.8) is 0 Å². The zero-order valence-corrected chi connectivity index (χ0v) is 25.4. The number of aromatic nitrogens is 2. The molecule has 1 aliphatic rings. The molecule has 2 heterocycles. The van der Waals surface area contributed by atoms with E-state index in [1.165, 1.54) is 30.3 Å². The van der Waals surface area contributed by atoms with Gasteiger partial charge in [-0.05, 0) is 61.0 Å². The van der Waals surface area contributed by atoms with Crippen LogP contribution < -0.4 is 15.0 Å². The molecule has 1 aliphatic heterocycles. The molecule has 5 rings (SSSR count). The van der Waals surface area contributed by atoms with E-state index in [1.54, 1.807) is 19.1 Å². The van der Waals surface area contributed by atoms with E-state index in [0.717, 1.165) is 46.2 Å². The number of nitrogens with zero attached hydrogens (tertiary/aromatic N) is 4. The zero-order chi connectivity index (χ0) is 33.9. The van der Waals surface area contributed by atoms with E-state index >= 15 is 4.39 Å². The number of carbonyl (C=O) groups is 2. The number of nitrogens with one attached hydrogen (secondary N) is 1. The Balaban J connectivity index is 1.29. The molecule has 1 aromatic heterocycles. The van der Waals surface area contributed by atoms with Crippen LogP contribution in [0.4, 0.5) is 46.9 Å². The van der Waals surface area contributed by atoms with Gasteiger partial charge >= 0.3 is 18.6 Å². The average molecular weight is 700 g/mol. The molecular weight excluding hydrogens is 679 g/mol. The van der Waals surface area contributed by atoms with Crippen molar-refractivity contribution in [3.05, 3.63) is 77.6 Å². The molecule has 47 heavy (non-hydrogen) atoms. The number of anilines is 2. The van der Waals surface area contributed by atoms with E-state index in [-0.39, 0.29) is 32.9 Å². The normalized spacial score (nSPS) is 14.6. The summed E-state index contributed by atoms with van der Waals surface area (Å²) in [5.41, 5.74) is 1.66. The van der Waals surface area contributed by atoms with Crippen molar-refractivity contribution in [2.45, 2.75) is 26.1 Å². The monoisotopic (exact) mass is 699 g/mol. The number of amides is 3. The van der Waals surface area contributed by atoms with Gasteiger partial charge in [-0.15, -0.1) is 23.4 Å². The number of aliphatic imine (C=N–C) groups is 1. The highest BCUT2D eigenvalue weighted by Crippen LogP contribution is 2.34. The van der Waals surface area contributed by atoms with Gasteiger partial charge in [-0.3, -0.25) is 9.69 Å². The van der Waals surface area contributed by atoms with E-state index in [0.29, 0.717) is 21.7 Å². The molecule has 0 aliphatic carbocycles. The number of thioether (sulfide) groups is 1. The van der Waals surface area contributed by atoms with Gasteiger partial charge in [-0.2, -0.15) is 18.2 Å². The zero-order valence-electron chi connectivity index (χ0n) is 23.8. The smallest absolute Gasteiger partial charge is 0.406 e. The molecular formula is C29H20F7N5O4S2. The highest BCUT2D eigenvalue weighted by atomic mass is 32.2. The van der Waals surface area contributed by atoms with E-state index in [4.69, 9.17) is 4.74 Å². The molecule has 0 bridgehead atoms. The molecule has 0 spiro atoms. The molecule has 0 atom stereocenters. The van der Waals surface area contributed by atoms with Gasteiger partial charge in [0.05, 0.1) is 23.7 Å². The van der Waals surface area contributed by atoms with Crippen LogP contribution in [0.15, 0.2) is 65.7 Å². The Morgan fingerprint density at radius 3 is 2.32 bits per heavy atom. The van der Waals surface area contributed by atoms with Crippen molar-refractivity contribution in [3.8, 4) is 26.9 Å². The second-order valence-corrected chi connectivity index (χ2v) is 11.7. The van der Waals surface area contributed by atoms with Crippen LogP contribution in [0.25, 0.3) is 21.1 Å². The van der Waals surface area contributed by atoms with E-state index in [2.05, 4.69) is 25.2 Å². The minimum atomic E-state index is -4.83. The van der Waals surface area contributed by atoms with Crippen LogP contribution in [0.5, 0.6) is 5.75 Å². The lowest BCUT2D eigenvalue weighted by Gasteiger charge is -2.21. The maximum absolute atomic E-state index is 15.0. The predicted octanol–water partition coefficient (Wildman–Crippen LogP) is 7.97. The summed E-state index contributed by atoms with van der Waals surface area (Å²) in [5, 5.41) is 10.9. The molecule has 4 aromatic rings. The lowest BCUT2D eigenvalue weighted by Crippen LogP contribution is -2.31. The van der Waals surface area contributed by atoms with Crippen LogP contribution in [-0.4, -0.2) is 52.2 Å². The first-order valence-corrected chi connectivity index (χ1v) is 15.0. The number of ether oxygens (including phenoxy) is 2. The van der Waals surface area contributed by atoms with Crippen molar-refractivity contribution in [1.82, 2.24) is 10.2 Å². The number of benzene rings is 3. The van der Waals surface area contributed by atoms with Gasteiger partial charge in [0.1, 0.15) is 28.2 Å². The van der Waals surface area contributed by atoms with Crippen LogP contribution in [0.2, 0.25) is 0 Å². The molecule has 1 N–H and O–H groups in total. The predicted molar refractivity (Wildman–Crippen MR) is 161 cm³/mol. The Bertz CT molecular complexity index is 1830. The fraction of sp³-hybridized carbons (Fsp3) is 0.207. The van der Waals surface area contributed by atoms with Gasteiger partial charge in [-0.25, -0.2) is 9.18 Å². The van der Waals surface area contributed by atoms with Gasteiger partial charge in [0.2, 0.25) is 5.91 Å². The first-order chi connectivity index (χ1) is 22.1. The van der Waals surface area contributed by atoms with Crippen LogP contribution in [-0.2, 0) is 16.1 Å². The summed E-state index contributed by atoms with van der Waals surface area (Å²) in [6.07, 6.45) is -9.38. The fourth-order valence-corrected chi connectivity index (χ4v) is 5.90. The Morgan fingerprint density at radius 2 is 1.66 bits per heavy atom. The number of halogens is 7. The van der Waals surface area contributed by atoms with Crippen molar-refractivity contribution >= 4 is 51.6 Å². The maximum atomic E-state index is 15.0. The molecule has 3 aromatic carbocycles.